The molecule has 5 nitrogen and oxygen atoms in total. The standard InChI is InChI=1S/C22H27N5S/c1-16-11-12-23-21(13-16)26-20-10-6-9-18(25-20)19-14-24-22(28-19)27(2)15-17-7-4-3-5-8-17/h6,9-14,17H,3-5,7-8,15H2,1-2H3,(H,23,25,26). The fourth-order valence-corrected chi connectivity index (χ4v) is 4.63. The third kappa shape index (κ3) is 4.68. The average molecular weight is 394 g/mol. The summed E-state index contributed by atoms with van der Waals surface area (Å²) in [5, 5.41) is 4.36. The molecular weight excluding hydrogens is 366 g/mol. The molecule has 4 rings (SSSR count). The van der Waals surface area contributed by atoms with Gasteiger partial charge in [-0.2, -0.15) is 0 Å². The Hall–Kier alpha value is -2.47. The van der Waals surface area contributed by atoms with Crippen LogP contribution >= 0.6 is 11.3 Å². The van der Waals surface area contributed by atoms with Gasteiger partial charge in [0.25, 0.3) is 0 Å². The predicted octanol–water partition coefficient (Wildman–Crippen LogP) is 5.67. The van der Waals surface area contributed by atoms with Crippen molar-refractivity contribution >= 4 is 28.1 Å². The van der Waals surface area contributed by atoms with Gasteiger partial charge in [0.1, 0.15) is 11.6 Å². The van der Waals surface area contributed by atoms with Gasteiger partial charge in [-0.3, -0.25) is 0 Å². The van der Waals surface area contributed by atoms with Gasteiger partial charge in [0.15, 0.2) is 5.13 Å². The van der Waals surface area contributed by atoms with E-state index in [1.54, 1.807) is 17.5 Å². The second-order valence-electron chi connectivity index (χ2n) is 7.64. The lowest BCUT2D eigenvalue weighted by Crippen LogP contribution is -2.26. The molecule has 3 aromatic heterocycles. The molecule has 28 heavy (non-hydrogen) atoms. The van der Waals surface area contributed by atoms with Gasteiger partial charge in [0, 0.05) is 26.0 Å². The predicted molar refractivity (Wildman–Crippen MR) is 117 cm³/mol. The topological polar surface area (TPSA) is 53.9 Å². The van der Waals surface area contributed by atoms with Gasteiger partial charge in [-0.1, -0.05) is 36.7 Å². The molecule has 1 N–H and O–H groups in total. The Labute approximate surface area is 170 Å². The van der Waals surface area contributed by atoms with Crippen molar-refractivity contribution in [2.45, 2.75) is 39.0 Å². The summed E-state index contributed by atoms with van der Waals surface area (Å²) in [6.45, 7) is 3.15. The van der Waals surface area contributed by atoms with E-state index in [-0.39, 0.29) is 0 Å². The minimum atomic E-state index is 0.793. The molecule has 3 heterocycles. The molecule has 0 bridgehead atoms. The summed E-state index contributed by atoms with van der Waals surface area (Å²) in [6.07, 6.45) is 10.6. The molecule has 1 aliphatic rings. The Morgan fingerprint density at radius 3 is 2.79 bits per heavy atom. The van der Waals surface area contributed by atoms with Gasteiger partial charge in [-0.15, -0.1) is 0 Å². The summed E-state index contributed by atoms with van der Waals surface area (Å²) in [7, 11) is 2.16. The van der Waals surface area contributed by atoms with Crippen LogP contribution in [0, 0.1) is 12.8 Å². The van der Waals surface area contributed by atoms with E-state index in [1.165, 1.54) is 37.7 Å². The molecule has 1 aliphatic carbocycles. The first-order chi connectivity index (χ1) is 13.7. The molecule has 0 atom stereocenters. The van der Waals surface area contributed by atoms with Crippen LogP contribution in [0.4, 0.5) is 16.8 Å². The van der Waals surface area contributed by atoms with E-state index in [1.807, 2.05) is 36.5 Å². The van der Waals surface area contributed by atoms with Crippen molar-refractivity contribution in [3.8, 4) is 10.6 Å². The van der Waals surface area contributed by atoms with Crippen molar-refractivity contribution in [3.05, 3.63) is 48.3 Å². The van der Waals surface area contributed by atoms with Crippen LogP contribution < -0.4 is 10.2 Å². The zero-order valence-corrected chi connectivity index (χ0v) is 17.4. The number of nitrogens with zero attached hydrogens (tertiary/aromatic N) is 4. The van der Waals surface area contributed by atoms with Crippen LogP contribution in [0.1, 0.15) is 37.7 Å². The first-order valence-electron chi connectivity index (χ1n) is 10.0. The van der Waals surface area contributed by atoms with E-state index in [0.717, 1.165) is 39.8 Å². The van der Waals surface area contributed by atoms with Crippen LogP contribution in [-0.2, 0) is 0 Å². The summed E-state index contributed by atoms with van der Waals surface area (Å²) >= 11 is 1.71. The zero-order valence-electron chi connectivity index (χ0n) is 16.6. The number of anilines is 3. The first kappa shape index (κ1) is 18.9. The highest BCUT2D eigenvalue weighted by Crippen LogP contribution is 2.32. The van der Waals surface area contributed by atoms with E-state index in [4.69, 9.17) is 4.98 Å². The number of aryl methyl sites for hydroxylation is 1. The molecule has 0 saturated heterocycles. The van der Waals surface area contributed by atoms with Gasteiger partial charge in [0.05, 0.1) is 10.6 Å². The van der Waals surface area contributed by atoms with Gasteiger partial charge in [0.2, 0.25) is 0 Å². The van der Waals surface area contributed by atoms with Crippen molar-refractivity contribution in [1.29, 1.82) is 0 Å². The molecule has 0 radical (unpaired) electrons. The van der Waals surface area contributed by atoms with Crippen LogP contribution in [0.15, 0.2) is 42.7 Å². The lowest BCUT2D eigenvalue weighted by Gasteiger charge is -2.26. The van der Waals surface area contributed by atoms with Crippen molar-refractivity contribution < 1.29 is 0 Å². The molecule has 0 spiro atoms. The summed E-state index contributed by atoms with van der Waals surface area (Å²) in [5.41, 5.74) is 2.11. The van der Waals surface area contributed by atoms with Crippen LogP contribution in [0.25, 0.3) is 10.6 Å². The molecule has 6 heteroatoms. The molecule has 0 aliphatic heterocycles. The summed E-state index contributed by atoms with van der Waals surface area (Å²) in [5.74, 6) is 2.40. The highest BCUT2D eigenvalue weighted by Gasteiger charge is 2.17. The van der Waals surface area contributed by atoms with Crippen LogP contribution in [-0.4, -0.2) is 28.5 Å². The van der Waals surface area contributed by atoms with Crippen LogP contribution in [0.3, 0.4) is 0 Å². The normalized spacial score (nSPS) is 14.8. The monoisotopic (exact) mass is 393 g/mol. The van der Waals surface area contributed by atoms with E-state index in [2.05, 4.69) is 34.2 Å². The Kier molecular flexibility index (Phi) is 5.86. The number of nitrogens with one attached hydrogen (secondary N) is 1. The summed E-state index contributed by atoms with van der Waals surface area (Å²) in [4.78, 5) is 17.2. The SMILES string of the molecule is Cc1ccnc(Nc2cccc(-c3cnc(N(C)CC4CCCCC4)s3)n2)c1. The highest BCUT2D eigenvalue weighted by molar-refractivity contribution is 7.18. The second-order valence-corrected chi connectivity index (χ2v) is 8.65. The number of aromatic nitrogens is 3. The molecule has 0 amide bonds. The molecule has 0 unspecified atom stereocenters. The van der Waals surface area contributed by atoms with E-state index < -0.39 is 0 Å². The number of hydrogen-bond donors (Lipinski definition) is 1. The third-order valence-electron chi connectivity index (χ3n) is 5.25. The minimum Gasteiger partial charge on any atom is -0.351 e. The zero-order chi connectivity index (χ0) is 19.3. The van der Waals surface area contributed by atoms with Crippen molar-refractivity contribution in [3.63, 3.8) is 0 Å². The molecule has 0 aromatic carbocycles. The summed E-state index contributed by atoms with van der Waals surface area (Å²) in [6, 6.07) is 10.0. The van der Waals surface area contributed by atoms with Crippen LogP contribution in [0.5, 0.6) is 0 Å². The lowest BCUT2D eigenvalue weighted by molar-refractivity contribution is 0.362. The molecule has 1 saturated carbocycles. The smallest absolute Gasteiger partial charge is 0.185 e. The number of rotatable bonds is 6. The second kappa shape index (κ2) is 8.69. The quantitative estimate of drug-likeness (QED) is 0.585. The first-order valence-corrected chi connectivity index (χ1v) is 10.8. The van der Waals surface area contributed by atoms with Gasteiger partial charge in [-0.25, -0.2) is 15.0 Å². The largest absolute Gasteiger partial charge is 0.351 e. The highest BCUT2D eigenvalue weighted by atomic mass is 32.1. The fraction of sp³-hybridized carbons (Fsp3) is 0.409. The Balaban J connectivity index is 1.46. The van der Waals surface area contributed by atoms with E-state index >= 15 is 0 Å². The van der Waals surface area contributed by atoms with E-state index in [0.29, 0.717) is 0 Å². The minimum absolute atomic E-state index is 0.793. The maximum Gasteiger partial charge on any atom is 0.185 e. The van der Waals surface area contributed by atoms with Crippen molar-refractivity contribution in [2.24, 2.45) is 5.92 Å². The molecular formula is C22H27N5S. The van der Waals surface area contributed by atoms with Gasteiger partial charge in [-0.05, 0) is 55.5 Å². The molecule has 3 aromatic rings. The van der Waals surface area contributed by atoms with Gasteiger partial charge >= 0.3 is 0 Å². The van der Waals surface area contributed by atoms with Crippen LogP contribution in [0.2, 0.25) is 0 Å². The number of thiazole rings is 1. The molecule has 146 valence electrons. The average Bonchev–Trinajstić information content (AvgIpc) is 3.20. The van der Waals surface area contributed by atoms with Crippen molar-refractivity contribution in [2.75, 3.05) is 23.8 Å². The Morgan fingerprint density at radius 2 is 1.96 bits per heavy atom. The third-order valence-corrected chi connectivity index (χ3v) is 6.38. The number of pyridine rings is 2. The molecule has 1 fully saturated rings. The maximum absolute atomic E-state index is 4.76. The fourth-order valence-electron chi connectivity index (χ4n) is 3.77. The number of hydrogen-bond acceptors (Lipinski definition) is 6. The Bertz CT molecular complexity index is 917. The summed E-state index contributed by atoms with van der Waals surface area (Å²) < 4.78 is 0. The Morgan fingerprint density at radius 1 is 1.11 bits per heavy atom. The van der Waals surface area contributed by atoms with Crippen molar-refractivity contribution in [1.82, 2.24) is 15.0 Å². The van der Waals surface area contributed by atoms with Gasteiger partial charge < -0.3 is 10.2 Å². The van der Waals surface area contributed by atoms with E-state index in [9.17, 15) is 0 Å². The lowest BCUT2D eigenvalue weighted by atomic mass is 9.89. The maximum atomic E-state index is 4.76.